The molecule has 142 valence electrons. The molecule has 0 radical (unpaired) electrons. The molecule has 0 spiro atoms. The molecule has 3 aliphatic rings. The van der Waals surface area contributed by atoms with E-state index in [1.807, 2.05) is 0 Å². The molecule has 0 aromatic carbocycles. The minimum absolute atomic E-state index is 0.305. The molecule has 25 heavy (non-hydrogen) atoms. The fraction of sp³-hybridized carbons (Fsp3) is 0.864. The third-order valence-corrected chi connectivity index (χ3v) is 8.38. The summed E-state index contributed by atoms with van der Waals surface area (Å²) in [5, 5.41) is 9.66. The lowest BCUT2D eigenvalue weighted by Crippen LogP contribution is -2.23. The van der Waals surface area contributed by atoms with Crippen LogP contribution in [0.3, 0.4) is 0 Å². The monoisotopic (exact) mass is 364 g/mol. The molecular weight excluding hydrogens is 328 g/mol. The SMILES string of the molecule is O=C(O)CCCC=CC[C@H]1[C@H]2CC[C@H](C2)[C@H]1CCSC1CCCCC1. The van der Waals surface area contributed by atoms with Gasteiger partial charge < -0.3 is 5.11 Å². The molecule has 4 atom stereocenters. The van der Waals surface area contributed by atoms with Crippen LogP contribution in [0, 0.1) is 23.7 Å². The van der Waals surface area contributed by atoms with Crippen LogP contribution in [-0.4, -0.2) is 22.1 Å². The van der Waals surface area contributed by atoms with E-state index in [0.29, 0.717) is 6.42 Å². The number of carbonyl (C=O) groups is 1. The Hall–Kier alpha value is -0.440. The van der Waals surface area contributed by atoms with Gasteiger partial charge in [0.05, 0.1) is 0 Å². The van der Waals surface area contributed by atoms with Crippen molar-refractivity contribution in [3.63, 3.8) is 0 Å². The maximum Gasteiger partial charge on any atom is 0.303 e. The first-order valence-corrected chi connectivity index (χ1v) is 11.8. The maximum absolute atomic E-state index is 10.6. The van der Waals surface area contributed by atoms with Crippen molar-refractivity contribution in [2.45, 2.75) is 88.7 Å². The number of rotatable bonds is 10. The number of hydrogen-bond acceptors (Lipinski definition) is 2. The zero-order valence-corrected chi connectivity index (χ0v) is 16.5. The van der Waals surface area contributed by atoms with Crippen LogP contribution >= 0.6 is 11.8 Å². The van der Waals surface area contributed by atoms with E-state index in [4.69, 9.17) is 5.11 Å². The Morgan fingerprint density at radius 2 is 1.76 bits per heavy atom. The summed E-state index contributed by atoms with van der Waals surface area (Å²) < 4.78 is 0. The van der Waals surface area contributed by atoms with Crippen LogP contribution in [0.5, 0.6) is 0 Å². The number of carboxylic acids is 1. The highest BCUT2D eigenvalue weighted by Crippen LogP contribution is 2.55. The highest BCUT2D eigenvalue weighted by molar-refractivity contribution is 7.99. The van der Waals surface area contributed by atoms with Gasteiger partial charge in [-0.3, -0.25) is 4.79 Å². The topological polar surface area (TPSA) is 37.3 Å². The number of allylic oxidation sites excluding steroid dienone is 2. The molecule has 0 aromatic rings. The van der Waals surface area contributed by atoms with Crippen molar-refractivity contribution in [1.29, 1.82) is 0 Å². The zero-order valence-electron chi connectivity index (χ0n) is 15.7. The summed E-state index contributed by atoms with van der Waals surface area (Å²) in [6, 6.07) is 0. The second-order valence-electron chi connectivity index (χ2n) is 8.57. The number of thioether (sulfide) groups is 1. The second kappa shape index (κ2) is 10.0. The second-order valence-corrected chi connectivity index (χ2v) is 9.98. The Morgan fingerprint density at radius 1 is 1.00 bits per heavy atom. The molecule has 3 rings (SSSR count). The van der Waals surface area contributed by atoms with Gasteiger partial charge in [-0.2, -0.15) is 11.8 Å². The molecule has 3 heteroatoms. The summed E-state index contributed by atoms with van der Waals surface area (Å²) in [6.45, 7) is 0. The molecule has 0 aromatic heterocycles. The van der Waals surface area contributed by atoms with Gasteiger partial charge in [-0.25, -0.2) is 0 Å². The van der Waals surface area contributed by atoms with E-state index in [9.17, 15) is 4.79 Å². The van der Waals surface area contributed by atoms with Gasteiger partial charge in [0.2, 0.25) is 0 Å². The number of fused-ring (bicyclic) bond motifs is 2. The average Bonchev–Trinajstić information content (AvgIpc) is 3.21. The van der Waals surface area contributed by atoms with Crippen molar-refractivity contribution in [3.05, 3.63) is 12.2 Å². The predicted octanol–water partition coefficient (Wildman–Crippen LogP) is 6.31. The normalized spacial score (nSPS) is 32.6. The van der Waals surface area contributed by atoms with Gasteiger partial charge in [-0.05, 0) is 87.2 Å². The third-order valence-electron chi connectivity index (χ3n) is 6.97. The van der Waals surface area contributed by atoms with Crippen LogP contribution in [0.4, 0.5) is 0 Å². The number of unbranched alkanes of at least 4 members (excludes halogenated alkanes) is 1. The Bertz CT molecular complexity index is 441. The van der Waals surface area contributed by atoms with Crippen molar-refractivity contribution >= 4 is 17.7 Å². The van der Waals surface area contributed by atoms with Crippen molar-refractivity contribution in [3.8, 4) is 0 Å². The molecule has 3 saturated carbocycles. The quantitative estimate of drug-likeness (QED) is 0.365. The molecule has 1 N–H and O–H groups in total. The smallest absolute Gasteiger partial charge is 0.303 e. The number of hydrogen-bond donors (Lipinski definition) is 1. The molecule has 2 bridgehead atoms. The van der Waals surface area contributed by atoms with Gasteiger partial charge in [0.15, 0.2) is 0 Å². The fourth-order valence-electron chi connectivity index (χ4n) is 5.69. The van der Waals surface area contributed by atoms with Gasteiger partial charge in [0.1, 0.15) is 0 Å². The van der Waals surface area contributed by atoms with Gasteiger partial charge in [0.25, 0.3) is 0 Å². The molecule has 3 aliphatic carbocycles. The summed E-state index contributed by atoms with van der Waals surface area (Å²) in [5.74, 6) is 4.61. The van der Waals surface area contributed by atoms with E-state index in [-0.39, 0.29) is 0 Å². The van der Waals surface area contributed by atoms with Crippen LogP contribution in [-0.2, 0) is 4.79 Å². The van der Waals surface area contributed by atoms with Crippen molar-refractivity contribution in [2.75, 3.05) is 5.75 Å². The molecule has 2 nitrogen and oxygen atoms in total. The molecule has 0 saturated heterocycles. The van der Waals surface area contributed by atoms with Crippen LogP contribution in [0.2, 0.25) is 0 Å². The minimum atomic E-state index is -0.669. The summed E-state index contributed by atoms with van der Waals surface area (Å²) >= 11 is 2.28. The first-order valence-electron chi connectivity index (χ1n) is 10.7. The van der Waals surface area contributed by atoms with Gasteiger partial charge in [-0.1, -0.05) is 31.4 Å². The molecule has 0 amide bonds. The van der Waals surface area contributed by atoms with E-state index in [1.165, 1.54) is 70.0 Å². The van der Waals surface area contributed by atoms with Gasteiger partial charge >= 0.3 is 5.97 Å². The Labute approximate surface area is 158 Å². The lowest BCUT2D eigenvalue weighted by Gasteiger charge is -2.31. The molecule has 0 heterocycles. The minimum Gasteiger partial charge on any atom is -0.481 e. The van der Waals surface area contributed by atoms with Crippen molar-refractivity contribution < 1.29 is 9.90 Å². The van der Waals surface area contributed by atoms with E-state index in [2.05, 4.69) is 23.9 Å². The standard InChI is InChI=1S/C22H36O2S/c23-22(24)11-7-2-1-6-10-20-17-12-13-18(16-17)21(20)14-15-25-19-8-4-3-5-9-19/h1,6,17-21H,2-5,7-16H2,(H,23,24)/t17-,18+,20-,21+/m0/s1. The lowest BCUT2D eigenvalue weighted by molar-refractivity contribution is -0.137. The van der Waals surface area contributed by atoms with Gasteiger partial charge in [0, 0.05) is 11.7 Å². The first-order chi connectivity index (χ1) is 12.2. The fourth-order valence-corrected chi connectivity index (χ4v) is 7.10. The average molecular weight is 365 g/mol. The van der Waals surface area contributed by atoms with Crippen molar-refractivity contribution in [2.24, 2.45) is 23.7 Å². The summed E-state index contributed by atoms with van der Waals surface area (Å²) in [6.07, 6.45) is 21.1. The zero-order chi connectivity index (χ0) is 17.5. The van der Waals surface area contributed by atoms with E-state index in [1.54, 1.807) is 0 Å². The maximum atomic E-state index is 10.6. The van der Waals surface area contributed by atoms with E-state index < -0.39 is 5.97 Å². The van der Waals surface area contributed by atoms with Gasteiger partial charge in [-0.15, -0.1) is 0 Å². The third kappa shape index (κ3) is 5.77. The first kappa shape index (κ1) is 19.3. The Balaban J connectivity index is 1.38. The van der Waals surface area contributed by atoms with Crippen molar-refractivity contribution in [1.82, 2.24) is 0 Å². The molecule has 3 fully saturated rings. The molecule has 0 aliphatic heterocycles. The number of carboxylic acid groups (broad SMARTS) is 1. The Kier molecular flexibility index (Phi) is 7.76. The predicted molar refractivity (Wildman–Crippen MR) is 107 cm³/mol. The molecule has 0 unspecified atom stereocenters. The van der Waals surface area contributed by atoms with Crippen LogP contribution in [0.15, 0.2) is 12.2 Å². The van der Waals surface area contributed by atoms with E-state index >= 15 is 0 Å². The summed E-state index contributed by atoms with van der Waals surface area (Å²) in [5.41, 5.74) is 0. The highest BCUT2D eigenvalue weighted by atomic mass is 32.2. The lowest BCUT2D eigenvalue weighted by atomic mass is 9.76. The van der Waals surface area contributed by atoms with E-state index in [0.717, 1.165) is 41.8 Å². The van der Waals surface area contributed by atoms with Crippen LogP contribution in [0.25, 0.3) is 0 Å². The molecular formula is C22H36O2S. The summed E-state index contributed by atoms with van der Waals surface area (Å²) in [4.78, 5) is 10.6. The largest absolute Gasteiger partial charge is 0.481 e. The number of aliphatic carboxylic acids is 1. The Morgan fingerprint density at radius 3 is 2.52 bits per heavy atom. The highest BCUT2D eigenvalue weighted by Gasteiger charge is 2.46. The summed E-state index contributed by atoms with van der Waals surface area (Å²) in [7, 11) is 0. The van der Waals surface area contributed by atoms with Crippen LogP contribution < -0.4 is 0 Å². The van der Waals surface area contributed by atoms with Crippen LogP contribution in [0.1, 0.15) is 83.5 Å².